The number of anilines is 2. The molecule has 9 heteroatoms. The zero-order chi connectivity index (χ0) is 22.0. The Bertz CT molecular complexity index is 1360. The number of halogens is 1. The van der Waals surface area contributed by atoms with Gasteiger partial charge in [-0.2, -0.15) is 5.26 Å². The summed E-state index contributed by atoms with van der Waals surface area (Å²) in [6, 6.07) is 15.0. The van der Waals surface area contributed by atoms with E-state index in [1.54, 1.807) is 12.1 Å². The second-order valence-corrected chi connectivity index (χ2v) is 7.17. The zero-order valence-electron chi connectivity index (χ0n) is 16.5. The van der Waals surface area contributed by atoms with Gasteiger partial charge in [0, 0.05) is 5.56 Å². The molecular weight excluding hydrogens is 412 g/mol. The van der Waals surface area contributed by atoms with Gasteiger partial charge in [-0.25, -0.2) is 19.9 Å². The van der Waals surface area contributed by atoms with Crippen molar-refractivity contribution in [3.8, 4) is 17.3 Å². The molecule has 31 heavy (non-hydrogen) atoms. The predicted octanol–water partition coefficient (Wildman–Crippen LogP) is 4.13. The van der Waals surface area contributed by atoms with Crippen molar-refractivity contribution in [3.63, 3.8) is 0 Å². The van der Waals surface area contributed by atoms with Gasteiger partial charge in [-0.15, -0.1) is 0 Å². The quantitative estimate of drug-likeness (QED) is 0.406. The Morgan fingerprint density at radius 2 is 1.97 bits per heavy atom. The summed E-state index contributed by atoms with van der Waals surface area (Å²) >= 11 is 6.46. The molecule has 0 unspecified atom stereocenters. The number of hydrogen-bond acceptors (Lipinski definition) is 8. The van der Waals surface area contributed by atoms with E-state index in [0.29, 0.717) is 16.4 Å². The van der Waals surface area contributed by atoms with Gasteiger partial charge in [0.1, 0.15) is 29.7 Å². The summed E-state index contributed by atoms with van der Waals surface area (Å²) in [5.74, 6) is 0.325. The van der Waals surface area contributed by atoms with Crippen LogP contribution in [0.3, 0.4) is 0 Å². The van der Waals surface area contributed by atoms with Crippen LogP contribution in [0.2, 0.25) is 5.02 Å². The third-order valence-electron chi connectivity index (χ3n) is 4.76. The van der Waals surface area contributed by atoms with Crippen LogP contribution in [0.4, 0.5) is 11.6 Å². The zero-order valence-corrected chi connectivity index (χ0v) is 17.3. The number of nitrogens with zero attached hydrogens (tertiary/aromatic N) is 5. The van der Waals surface area contributed by atoms with Crippen molar-refractivity contribution in [1.82, 2.24) is 19.9 Å². The smallest absolute Gasteiger partial charge is 0.146 e. The van der Waals surface area contributed by atoms with Crippen LogP contribution in [0.25, 0.3) is 22.3 Å². The van der Waals surface area contributed by atoms with Crippen LogP contribution in [0.1, 0.15) is 16.8 Å². The lowest BCUT2D eigenvalue weighted by Crippen LogP contribution is -2.13. The topological polar surface area (TPSA) is 137 Å². The van der Waals surface area contributed by atoms with Crippen LogP contribution in [0, 0.1) is 23.7 Å². The van der Waals surface area contributed by atoms with Gasteiger partial charge in [-0.1, -0.05) is 41.9 Å². The number of aryl methyl sites for hydroxylation is 1. The maximum Gasteiger partial charge on any atom is 0.146 e. The molecule has 8 nitrogen and oxygen atoms in total. The molecule has 0 aliphatic rings. The fourth-order valence-electron chi connectivity index (χ4n) is 3.25. The molecule has 0 fully saturated rings. The van der Waals surface area contributed by atoms with E-state index in [1.165, 1.54) is 6.33 Å². The highest BCUT2D eigenvalue weighted by atomic mass is 35.5. The van der Waals surface area contributed by atoms with E-state index in [1.807, 2.05) is 43.3 Å². The molecule has 0 saturated carbocycles. The van der Waals surface area contributed by atoms with Crippen LogP contribution in [-0.2, 0) is 6.54 Å². The van der Waals surface area contributed by atoms with Gasteiger partial charge in [0.2, 0.25) is 0 Å². The van der Waals surface area contributed by atoms with Gasteiger partial charge in [0.05, 0.1) is 39.6 Å². The van der Waals surface area contributed by atoms with Crippen LogP contribution < -0.4 is 11.1 Å². The number of hydrogen-bond donors (Lipinski definition) is 3. The van der Waals surface area contributed by atoms with Crippen LogP contribution >= 0.6 is 11.6 Å². The van der Waals surface area contributed by atoms with Crippen LogP contribution in [0.15, 0.2) is 48.8 Å². The number of rotatable bonds is 5. The number of fused-ring (bicyclic) bond motifs is 1. The standard InChI is InChI=1S/C22H17ClN8/c1-12-5-4-8-16-19(12)31-20(13-6-2-3-7-14(13)23)17(30-16)10-27-22-18(15(25)9-24)21(26)28-11-29-22/h2-8,11,25H,10H2,1H3,(H3,26,27,28,29). The first kappa shape index (κ1) is 20.2. The Balaban J connectivity index is 1.82. The number of para-hydroxylation sites is 1. The molecule has 0 amide bonds. The average molecular weight is 429 g/mol. The first-order chi connectivity index (χ1) is 15.0. The van der Waals surface area contributed by atoms with Gasteiger partial charge < -0.3 is 11.1 Å². The highest BCUT2D eigenvalue weighted by molar-refractivity contribution is 6.33. The lowest BCUT2D eigenvalue weighted by molar-refractivity contribution is 1.02. The van der Waals surface area contributed by atoms with Crippen molar-refractivity contribution < 1.29 is 0 Å². The third kappa shape index (κ3) is 3.86. The summed E-state index contributed by atoms with van der Waals surface area (Å²) in [5.41, 5.74) is 10.3. The molecule has 4 N–H and O–H groups in total. The molecule has 4 aromatic rings. The Morgan fingerprint density at radius 3 is 2.74 bits per heavy atom. The summed E-state index contributed by atoms with van der Waals surface area (Å²) in [6.07, 6.45) is 1.27. The van der Waals surface area contributed by atoms with Crippen molar-refractivity contribution in [2.45, 2.75) is 13.5 Å². The largest absolute Gasteiger partial charge is 0.383 e. The highest BCUT2D eigenvalue weighted by Crippen LogP contribution is 2.31. The summed E-state index contributed by atoms with van der Waals surface area (Å²) in [5, 5.41) is 20.7. The summed E-state index contributed by atoms with van der Waals surface area (Å²) < 4.78 is 0. The Hall–Kier alpha value is -4.09. The van der Waals surface area contributed by atoms with Crippen molar-refractivity contribution in [2.24, 2.45) is 0 Å². The molecule has 0 bridgehead atoms. The van der Waals surface area contributed by atoms with Gasteiger partial charge >= 0.3 is 0 Å². The number of nitrogens with two attached hydrogens (primary N) is 1. The predicted molar refractivity (Wildman–Crippen MR) is 121 cm³/mol. The molecule has 152 valence electrons. The first-order valence-electron chi connectivity index (χ1n) is 9.34. The molecule has 2 aromatic carbocycles. The Labute approximate surface area is 183 Å². The molecular formula is C22H17ClN8. The fraction of sp³-hybridized carbons (Fsp3) is 0.0909. The van der Waals surface area contributed by atoms with E-state index in [-0.39, 0.29) is 29.5 Å². The first-order valence-corrected chi connectivity index (χ1v) is 9.72. The van der Waals surface area contributed by atoms with Gasteiger partial charge in [0.15, 0.2) is 0 Å². The van der Waals surface area contributed by atoms with E-state index in [0.717, 1.165) is 22.2 Å². The number of benzene rings is 2. The van der Waals surface area contributed by atoms with E-state index in [4.69, 9.17) is 38.0 Å². The molecule has 0 radical (unpaired) electrons. The van der Waals surface area contributed by atoms with E-state index >= 15 is 0 Å². The minimum Gasteiger partial charge on any atom is -0.383 e. The second kappa shape index (κ2) is 8.34. The van der Waals surface area contributed by atoms with Crippen molar-refractivity contribution >= 4 is 40.0 Å². The maximum absolute atomic E-state index is 9.14. The van der Waals surface area contributed by atoms with E-state index in [2.05, 4.69) is 15.3 Å². The van der Waals surface area contributed by atoms with E-state index < -0.39 is 0 Å². The summed E-state index contributed by atoms with van der Waals surface area (Å²) in [4.78, 5) is 17.7. The number of nitrogen functional groups attached to an aromatic ring is 1. The molecule has 0 aliphatic heterocycles. The third-order valence-corrected chi connectivity index (χ3v) is 5.09. The molecule has 0 atom stereocenters. The van der Waals surface area contributed by atoms with Crippen molar-refractivity contribution in [3.05, 3.63) is 70.6 Å². The minimum absolute atomic E-state index is 0.0515. The normalized spacial score (nSPS) is 10.6. The minimum atomic E-state index is -0.327. The SMILES string of the molecule is Cc1cccc2nc(CNc3ncnc(N)c3C(=N)C#N)c(-c3ccccc3Cl)nc12. The molecule has 4 rings (SSSR count). The Morgan fingerprint density at radius 1 is 1.16 bits per heavy atom. The number of nitriles is 1. The lowest BCUT2D eigenvalue weighted by atomic mass is 10.1. The lowest BCUT2D eigenvalue weighted by Gasteiger charge is -2.14. The second-order valence-electron chi connectivity index (χ2n) is 6.76. The molecule has 0 spiro atoms. The van der Waals surface area contributed by atoms with Crippen LogP contribution in [-0.4, -0.2) is 25.6 Å². The monoisotopic (exact) mass is 428 g/mol. The Kier molecular flexibility index (Phi) is 5.43. The number of aromatic nitrogens is 4. The van der Waals surface area contributed by atoms with Crippen molar-refractivity contribution in [1.29, 1.82) is 10.7 Å². The fourth-order valence-corrected chi connectivity index (χ4v) is 3.47. The molecule has 0 saturated heterocycles. The van der Waals surface area contributed by atoms with Crippen molar-refractivity contribution in [2.75, 3.05) is 11.1 Å². The molecule has 2 heterocycles. The number of nitrogens with one attached hydrogen (secondary N) is 2. The summed E-state index contributed by atoms with van der Waals surface area (Å²) in [7, 11) is 0. The highest BCUT2D eigenvalue weighted by Gasteiger charge is 2.18. The maximum atomic E-state index is 9.14. The average Bonchev–Trinajstić information content (AvgIpc) is 2.77. The van der Waals surface area contributed by atoms with E-state index in [9.17, 15) is 0 Å². The summed E-state index contributed by atoms with van der Waals surface area (Å²) in [6.45, 7) is 2.20. The molecule has 2 aromatic heterocycles. The van der Waals surface area contributed by atoms with Gasteiger partial charge in [-0.05, 0) is 24.6 Å². The van der Waals surface area contributed by atoms with Crippen LogP contribution in [0.5, 0.6) is 0 Å². The van der Waals surface area contributed by atoms with Gasteiger partial charge in [-0.3, -0.25) is 5.41 Å². The molecule has 0 aliphatic carbocycles. The van der Waals surface area contributed by atoms with Gasteiger partial charge in [0.25, 0.3) is 0 Å².